The van der Waals surface area contributed by atoms with Crippen molar-refractivity contribution in [2.45, 2.75) is 65.5 Å². The Kier molecular flexibility index (Phi) is 9.33. The molecule has 0 aliphatic rings. The third-order valence-electron chi connectivity index (χ3n) is 5.76. The second-order valence-electron chi connectivity index (χ2n) is 9.67. The summed E-state index contributed by atoms with van der Waals surface area (Å²) in [5, 5.41) is 7.37. The van der Waals surface area contributed by atoms with Crippen LogP contribution in [0.2, 0.25) is 10.0 Å². The number of carbonyl (C=O) groups excluding carboxylic acids is 1. The van der Waals surface area contributed by atoms with Crippen LogP contribution in [-0.2, 0) is 0 Å². The second-order valence-corrected chi connectivity index (χ2v) is 10.5. The van der Waals surface area contributed by atoms with Crippen LogP contribution >= 0.6 is 23.2 Å². The molecule has 1 aromatic carbocycles. The molecule has 0 aliphatic carbocycles. The highest BCUT2D eigenvalue weighted by Gasteiger charge is 2.22. The number of halogens is 2. The minimum atomic E-state index is -0.432. The van der Waals surface area contributed by atoms with Crippen LogP contribution in [0.25, 0.3) is 22.2 Å². The molecule has 3 aromatic rings. The highest BCUT2D eigenvalue weighted by molar-refractivity contribution is 6.39. The first-order chi connectivity index (χ1) is 17.1. The summed E-state index contributed by atoms with van der Waals surface area (Å²) < 4.78 is 0. The predicted octanol–water partition coefficient (Wildman–Crippen LogP) is 6.26. The second kappa shape index (κ2) is 12.0. The lowest BCUT2D eigenvalue weighted by Crippen LogP contribution is -2.43. The van der Waals surface area contributed by atoms with Crippen LogP contribution in [0.5, 0.6) is 0 Å². The number of urea groups is 1. The lowest BCUT2D eigenvalue weighted by Gasteiger charge is -2.30. The summed E-state index contributed by atoms with van der Waals surface area (Å²) in [4.78, 5) is 29.1. The van der Waals surface area contributed by atoms with Crippen LogP contribution in [0.1, 0.15) is 53.9 Å². The molecule has 10 heteroatoms. The maximum Gasteiger partial charge on any atom is 0.320 e. The van der Waals surface area contributed by atoms with Gasteiger partial charge >= 0.3 is 6.03 Å². The topological polar surface area (TPSA) is 109 Å². The monoisotopic (exact) mass is 531 g/mol. The Bertz CT molecular complexity index is 1190. The summed E-state index contributed by atoms with van der Waals surface area (Å²) in [6, 6.07) is 7.00. The number of hydrogen-bond acceptors (Lipinski definition) is 6. The number of nitrogens with two attached hydrogens (primary N) is 1. The summed E-state index contributed by atoms with van der Waals surface area (Å²) in [5.41, 5.74) is 6.94. The molecular weight excluding hydrogens is 497 g/mol. The van der Waals surface area contributed by atoms with Gasteiger partial charge in [0.25, 0.3) is 0 Å². The average Bonchev–Trinajstić information content (AvgIpc) is 2.80. The summed E-state index contributed by atoms with van der Waals surface area (Å²) in [6.45, 7) is 11.3. The van der Waals surface area contributed by atoms with Gasteiger partial charge in [-0.2, -0.15) is 4.98 Å². The van der Waals surface area contributed by atoms with Gasteiger partial charge in [-0.15, -0.1) is 0 Å². The van der Waals surface area contributed by atoms with Crippen molar-refractivity contribution in [3.8, 4) is 11.1 Å². The molecule has 2 heterocycles. The van der Waals surface area contributed by atoms with Crippen LogP contribution in [-0.4, -0.2) is 45.7 Å². The Labute approximate surface area is 223 Å². The standard InChI is InChI=1S/C26H35Cl2N7O/c1-6-17(10-9-13-29)35(7-2)24-30-15-16-14-18(21-19(27)11-8-12-20(21)28)23(31-22(16)32-24)33-25(36)34-26(3,4)5/h8,11-12,14-15,17H,6-7,9-10,13,29H2,1-5H3,(H2,30,31,32,33,34,36). The van der Waals surface area contributed by atoms with Crippen molar-refractivity contribution in [1.82, 2.24) is 20.3 Å². The maximum atomic E-state index is 12.8. The van der Waals surface area contributed by atoms with Crippen molar-refractivity contribution in [3.63, 3.8) is 0 Å². The number of amides is 2. The molecule has 1 unspecified atom stereocenters. The van der Waals surface area contributed by atoms with Gasteiger partial charge in [-0.05, 0) is 71.7 Å². The zero-order chi connectivity index (χ0) is 26.5. The van der Waals surface area contributed by atoms with Gasteiger partial charge in [0.2, 0.25) is 5.95 Å². The molecule has 2 amide bonds. The van der Waals surface area contributed by atoms with E-state index in [1.165, 1.54) is 0 Å². The molecule has 0 fully saturated rings. The van der Waals surface area contributed by atoms with E-state index < -0.39 is 11.6 Å². The lowest BCUT2D eigenvalue weighted by molar-refractivity contribution is 0.243. The van der Waals surface area contributed by atoms with E-state index in [0.717, 1.165) is 25.8 Å². The molecule has 2 aromatic heterocycles. The number of nitrogens with zero attached hydrogens (tertiary/aromatic N) is 4. The van der Waals surface area contributed by atoms with E-state index in [1.54, 1.807) is 24.4 Å². The number of carbonyl (C=O) groups is 1. The zero-order valence-electron chi connectivity index (χ0n) is 21.5. The van der Waals surface area contributed by atoms with E-state index in [4.69, 9.17) is 38.9 Å². The highest BCUT2D eigenvalue weighted by atomic mass is 35.5. The third kappa shape index (κ3) is 6.75. The Balaban J connectivity index is 2.13. The predicted molar refractivity (Wildman–Crippen MR) is 150 cm³/mol. The van der Waals surface area contributed by atoms with Gasteiger partial charge in [-0.25, -0.2) is 14.8 Å². The number of aromatic nitrogens is 3. The largest absolute Gasteiger partial charge is 0.338 e. The number of rotatable bonds is 9. The molecule has 3 rings (SSSR count). The van der Waals surface area contributed by atoms with Gasteiger partial charge in [-0.1, -0.05) is 36.2 Å². The maximum absolute atomic E-state index is 12.8. The first-order valence-electron chi connectivity index (χ1n) is 12.3. The SMILES string of the molecule is CCC(CCCN)N(CC)c1ncc2cc(-c3c(Cl)cccc3Cl)c(NC(=O)NC(C)(C)C)nc2n1. The van der Waals surface area contributed by atoms with Crippen molar-refractivity contribution in [1.29, 1.82) is 0 Å². The summed E-state index contributed by atoms with van der Waals surface area (Å²) >= 11 is 13.0. The Morgan fingerprint density at radius 1 is 1.17 bits per heavy atom. The Morgan fingerprint density at radius 2 is 1.86 bits per heavy atom. The molecule has 1 atom stereocenters. The minimum Gasteiger partial charge on any atom is -0.338 e. The van der Waals surface area contributed by atoms with Gasteiger partial charge in [0.05, 0.1) is 10.0 Å². The molecular formula is C26H35Cl2N7O. The first kappa shape index (κ1) is 27.9. The molecule has 0 bridgehead atoms. The summed E-state index contributed by atoms with van der Waals surface area (Å²) in [5.74, 6) is 0.900. The van der Waals surface area contributed by atoms with Crippen LogP contribution in [0.15, 0.2) is 30.5 Å². The minimum absolute atomic E-state index is 0.271. The molecule has 8 nitrogen and oxygen atoms in total. The van der Waals surface area contributed by atoms with Crippen LogP contribution in [0.4, 0.5) is 16.6 Å². The molecule has 36 heavy (non-hydrogen) atoms. The van der Waals surface area contributed by atoms with Gasteiger partial charge in [0.15, 0.2) is 5.65 Å². The van der Waals surface area contributed by atoms with E-state index in [-0.39, 0.29) is 6.04 Å². The lowest BCUT2D eigenvalue weighted by atomic mass is 10.0. The van der Waals surface area contributed by atoms with Crippen LogP contribution in [0.3, 0.4) is 0 Å². The molecule has 0 saturated carbocycles. The van der Waals surface area contributed by atoms with Crippen LogP contribution < -0.4 is 21.3 Å². The van der Waals surface area contributed by atoms with E-state index in [9.17, 15) is 4.79 Å². The van der Waals surface area contributed by atoms with Crippen LogP contribution in [0, 0.1) is 0 Å². The normalized spacial score (nSPS) is 12.4. The number of hydrogen-bond donors (Lipinski definition) is 3. The third-order valence-corrected chi connectivity index (χ3v) is 6.39. The average molecular weight is 533 g/mol. The number of anilines is 2. The van der Waals surface area contributed by atoms with Gasteiger partial charge in [0, 0.05) is 40.8 Å². The quantitative estimate of drug-likeness (QED) is 0.300. The fourth-order valence-corrected chi connectivity index (χ4v) is 4.71. The fourth-order valence-electron chi connectivity index (χ4n) is 4.11. The molecule has 194 valence electrons. The van der Waals surface area contributed by atoms with Crippen molar-refractivity contribution in [2.24, 2.45) is 5.73 Å². The van der Waals surface area contributed by atoms with E-state index in [1.807, 2.05) is 26.8 Å². The Morgan fingerprint density at radius 3 is 2.44 bits per heavy atom. The van der Waals surface area contributed by atoms with Gasteiger partial charge < -0.3 is 16.0 Å². The highest BCUT2D eigenvalue weighted by Crippen LogP contribution is 2.39. The summed E-state index contributed by atoms with van der Waals surface area (Å²) in [7, 11) is 0. The van der Waals surface area contributed by atoms with Crippen molar-refractivity contribution in [2.75, 3.05) is 23.3 Å². The molecule has 4 N–H and O–H groups in total. The molecule has 0 spiro atoms. The molecule has 0 saturated heterocycles. The number of fused-ring (bicyclic) bond motifs is 1. The molecule has 0 aliphatic heterocycles. The van der Waals surface area contributed by atoms with Crippen molar-refractivity contribution >= 4 is 52.0 Å². The Hall–Kier alpha value is -2.68. The first-order valence-corrected chi connectivity index (χ1v) is 13.0. The molecule has 0 radical (unpaired) electrons. The number of nitrogens with one attached hydrogen (secondary N) is 2. The number of benzene rings is 1. The van der Waals surface area contributed by atoms with E-state index >= 15 is 0 Å². The zero-order valence-corrected chi connectivity index (χ0v) is 23.0. The van der Waals surface area contributed by atoms with Gasteiger partial charge in [-0.3, -0.25) is 5.32 Å². The van der Waals surface area contributed by atoms with E-state index in [0.29, 0.717) is 50.5 Å². The van der Waals surface area contributed by atoms with Crippen molar-refractivity contribution < 1.29 is 4.79 Å². The smallest absolute Gasteiger partial charge is 0.320 e. The van der Waals surface area contributed by atoms with Crippen molar-refractivity contribution in [3.05, 3.63) is 40.5 Å². The number of pyridine rings is 1. The summed E-state index contributed by atoms with van der Waals surface area (Å²) in [6.07, 6.45) is 4.59. The van der Waals surface area contributed by atoms with Gasteiger partial charge in [0.1, 0.15) is 5.82 Å². The fraction of sp³-hybridized carbons (Fsp3) is 0.462. The van der Waals surface area contributed by atoms with E-state index in [2.05, 4.69) is 34.4 Å².